The molecule has 2 aromatic rings. The van der Waals surface area contributed by atoms with Crippen LogP contribution in [0.2, 0.25) is 0 Å². The minimum atomic E-state index is -0.0281. The van der Waals surface area contributed by atoms with Gasteiger partial charge in [0.2, 0.25) is 11.0 Å². The lowest BCUT2D eigenvalue weighted by Gasteiger charge is -2.23. The molecule has 1 atom stereocenters. The van der Waals surface area contributed by atoms with Crippen molar-refractivity contribution in [3.05, 3.63) is 23.0 Å². The van der Waals surface area contributed by atoms with E-state index in [2.05, 4.69) is 25.5 Å². The number of amides is 1. The fourth-order valence-electron chi connectivity index (χ4n) is 2.78. The Balaban J connectivity index is 1.55. The van der Waals surface area contributed by atoms with Crippen LogP contribution < -0.4 is 5.32 Å². The summed E-state index contributed by atoms with van der Waals surface area (Å²) in [6.07, 6.45) is 6.13. The number of carbonyl (C=O) groups is 1. The molecule has 3 heterocycles. The van der Waals surface area contributed by atoms with Gasteiger partial charge in [0, 0.05) is 12.2 Å². The van der Waals surface area contributed by atoms with Crippen LogP contribution in [0.4, 0.5) is 5.13 Å². The summed E-state index contributed by atoms with van der Waals surface area (Å²) in [5.41, 5.74) is 1.16. The molecule has 3 rings (SSSR count). The van der Waals surface area contributed by atoms with Gasteiger partial charge in [0.15, 0.2) is 0 Å². The highest BCUT2D eigenvalue weighted by molar-refractivity contribution is 7.15. The lowest BCUT2D eigenvalue weighted by molar-refractivity contribution is -0.117. The molecule has 0 saturated carbocycles. The molecule has 0 bridgehead atoms. The van der Waals surface area contributed by atoms with Crippen LogP contribution in [0.5, 0.6) is 0 Å². The molecule has 0 aliphatic carbocycles. The van der Waals surface area contributed by atoms with Gasteiger partial charge in [-0.05, 0) is 38.8 Å². The van der Waals surface area contributed by atoms with E-state index in [-0.39, 0.29) is 5.91 Å². The van der Waals surface area contributed by atoms with Crippen molar-refractivity contribution in [2.24, 2.45) is 0 Å². The van der Waals surface area contributed by atoms with Crippen LogP contribution in [0.25, 0.3) is 0 Å². The zero-order valence-electron chi connectivity index (χ0n) is 12.8. The molecule has 2 aromatic heterocycles. The van der Waals surface area contributed by atoms with Gasteiger partial charge < -0.3 is 0 Å². The van der Waals surface area contributed by atoms with Crippen LogP contribution in [0.1, 0.15) is 23.4 Å². The summed E-state index contributed by atoms with van der Waals surface area (Å²) in [4.78, 5) is 14.4. The van der Waals surface area contributed by atoms with Crippen LogP contribution in [-0.2, 0) is 11.3 Å². The first-order valence-electron chi connectivity index (χ1n) is 7.43. The minimum Gasteiger partial charge on any atom is -0.299 e. The topological polar surface area (TPSA) is 75.9 Å². The number of aromatic nitrogens is 4. The van der Waals surface area contributed by atoms with Crippen LogP contribution in [0.3, 0.4) is 0 Å². The summed E-state index contributed by atoms with van der Waals surface area (Å²) in [5, 5.41) is 16.4. The van der Waals surface area contributed by atoms with E-state index in [1.807, 2.05) is 30.9 Å². The van der Waals surface area contributed by atoms with Crippen molar-refractivity contribution in [1.82, 2.24) is 24.9 Å². The molecule has 1 fully saturated rings. The fourth-order valence-corrected chi connectivity index (χ4v) is 3.39. The predicted molar refractivity (Wildman–Crippen MR) is 84.8 cm³/mol. The average Bonchev–Trinajstić information content (AvgIpc) is 3.15. The molecule has 0 aromatic carbocycles. The van der Waals surface area contributed by atoms with Gasteiger partial charge in [-0.2, -0.15) is 5.10 Å². The second kappa shape index (κ2) is 6.53. The normalized spacial score (nSPS) is 18.7. The first kappa shape index (κ1) is 15.1. The molecule has 1 saturated heterocycles. The largest absolute Gasteiger partial charge is 0.299 e. The first-order chi connectivity index (χ1) is 10.6. The Labute approximate surface area is 133 Å². The Hall–Kier alpha value is -1.80. The molecule has 0 unspecified atom stereocenters. The SMILES string of the molecule is Cc1cnn(C[C@@H]2CCCN2CC(=O)Nc2nnc(C)s2)c1. The maximum atomic E-state index is 12.1. The van der Waals surface area contributed by atoms with E-state index in [1.54, 1.807) is 0 Å². The predicted octanol–water partition coefficient (Wildman–Crippen LogP) is 1.45. The molecule has 1 N–H and O–H groups in total. The zero-order valence-corrected chi connectivity index (χ0v) is 13.6. The summed E-state index contributed by atoms with van der Waals surface area (Å²) < 4.78 is 1.96. The maximum absolute atomic E-state index is 12.1. The van der Waals surface area contributed by atoms with Crippen LogP contribution >= 0.6 is 11.3 Å². The van der Waals surface area contributed by atoms with Crippen molar-refractivity contribution in [2.75, 3.05) is 18.4 Å². The number of rotatable bonds is 5. The van der Waals surface area contributed by atoms with Gasteiger partial charge >= 0.3 is 0 Å². The van der Waals surface area contributed by atoms with Crippen molar-refractivity contribution in [3.63, 3.8) is 0 Å². The van der Waals surface area contributed by atoms with Crippen molar-refractivity contribution >= 4 is 22.4 Å². The monoisotopic (exact) mass is 320 g/mol. The van der Waals surface area contributed by atoms with Crippen LogP contribution in [-0.4, -0.2) is 49.9 Å². The van der Waals surface area contributed by atoms with E-state index < -0.39 is 0 Å². The number of carbonyl (C=O) groups excluding carboxylic acids is 1. The number of likely N-dealkylation sites (tertiary alicyclic amines) is 1. The molecule has 118 valence electrons. The minimum absolute atomic E-state index is 0.0281. The fraction of sp³-hybridized carbons (Fsp3) is 0.571. The first-order valence-corrected chi connectivity index (χ1v) is 8.25. The van der Waals surface area contributed by atoms with Crippen LogP contribution in [0.15, 0.2) is 12.4 Å². The van der Waals surface area contributed by atoms with E-state index in [0.29, 0.717) is 17.7 Å². The quantitative estimate of drug-likeness (QED) is 0.902. The number of nitrogens with zero attached hydrogens (tertiary/aromatic N) is 5. The molecule has 8 heteroatoms. The Morgan fingerprint density at radius 3 is 3.00 bits per heavy atom. The summed E-state index contributed by atoms with van der Waals surface area (Å²) >= 11 is 1.39. The Morgan fingerprint density at radius 1 is 1.45 bits per heavy atom. The molecule has 0 radical (unpaired) electrons. The Morgan fingerprint density at radius 2 is 2.32 bits per heavy atom. The molecular weight excluding hydrogens is 300 g/mol. The second-order valence-electron chi connectivity index (χ2n) is 5.68. The molecule has 1 aliphatic heterocycles. The van der Waals surface area contributed by atoms with Crippen molar-refractivity contribution in [3.8, 4) is 0 Å². The zero-order chi connectivity index (χ0) is 15.5. The standard InChI is InChI=1S/C14H20N6OS/c1-10-6-15-20(7-10)8-12-4-3-5-19(12)9-13(21)16-14-18-17-11(2)22-14/h6-7,12H,3-5,8-9H2,1-2H3,(H,16,18,21)/t12-/m0/s1. The van der Waals surface area contributed by atoms with E-state index >= 15 is 0 Å². The highest BCUT2D eigenvalue weighted by Crippen LogP contribution is 2.19. The van der Waals surface area contributed by atoms with E-state index in [1.165, 1.54) is 11.3 Å². The van der Waals surface area contributed by atoms with Gasteiger partial charge in [0.25, 0.3) is 0 Å². The number of hydrogen-bond donors (Lipinski definition) is 1. The summed E-state index contributed by atoms with van der Waals surface area (Å²) in [5.74, 6) is -0.0281. The lowest BCUT2D eigenvalue weighted by Crippen LogP contribution is -2.39. The van der Waals surface area contributed by atoms with Gasteiger partial charge in [-0.15, -0.1) is 10.2 Å². The molecule has 22 heavy (non-hydrogen) atoms. The van der Waals surface area contributed by atoms with Crippen LogP contribution in [0, 0.1) is 13.8 Å². The van der Waals surface area contributed by atoms with Crippen molar-refractivity contribution in [2.45, 2.75) is 39.3 Å². The number of nitrogens with one attached hydrogen (secondary N) is 1. The number of hydrogen-bond acceptors (Lipinski definition) is 6. The highest BCUT2D eigenvalue weighted by atomic mass is 32.1. The van der Waals surface area contributed by atoms with Gasteiger partial charge in [0.05, 0.1) is 19.3 Å². The number of anilines is 1. The second-order valence-corrected chi connectivity index (χ2v) is 6.86. The molecular formula is C14H20N6OS. The Bertz CT molecular complexity index is 651. The van der Waals surface area contributed by atoms with E-state index in [4.69, 9.17) is 0 Å². The third kappa shape index (κ3) is 3.69. The maximum Gasteiger partial charge on any atom is 0.240 e. The summed E-state index contributed by atoms with van der Waals surface area (Å²) in [7, 11) is 0. The highest BCUT2D eigenvalue weighted by Gasteiger charge is 2.27. The molecule has 0 spiro atoms. The van der Waals surface area contributed by atoms with E-state index in [9.17, 15) is 4.79 Å². The molecule has 7 nitrogen and oxygen atoms in total. The van der Waals surface area contributed by atoms with Gasteiger partial charge in [-0.1, -0.05) is 11.3 Å². The van der Waals surface area contributed by atoms with Crippen molar-refractivity contribution < 1.29 is 4.79 Å². The number of aryl methyl sites for hydroxylation is 2. The van der Waals surface area contributed by atoms with E-state index in [0.717, 1.165) is 36.5 Å². The van der Waals surface area contributed by atoms with Gasteiger partial charge in [-0.3, -0.25) is 19.7 Å². The third-order valence-corrected chi connectivity index (χ3v) is 4.53. The average molecular weight is 320 g/mol. The summed E-state index contributed by atoms with van der Waals surface area (Å²) in [6, 6.07) is 0.362. The third-order valence-electron chi connectivity index (χ3n) is 3.78. The van der Waals surface area contributed by atoms with Crippen molar-refractivity contribution in [1.29, 1.82) is 0 Å². The Kier molecular flexibility index (Phi) is 4.49. The molecule has 1 amide bonds. The lowest BCUT2D eigenvalue weighted by atomic mass is 10.2. The summed E-state index contributed by atoms with van der Waals surface area (Å²) in [6.45, 7) is 6.08. The molecule has 1 aliphatic rings. The van der Waals surface area contributed by atoms with Gasteiger partial charge in [0.1, 0.15) is 5.01 Å². The smallest absolute Gasteiger partial charge is 0.240 e. The van der Waals surface area contributed by atoms with Gasteiger partial charge in [-0.25, -0.2) is 0 Å².